The quantitative estimate of drug-likeness (QED) is 0.637. The first-order chi connectivity index (χ1) is 13.3. The van der Waals surface area contributed by atoms with E-state index in [9.17, 15) is 5.11 Å². The number of nitrogens with zero attached hydrogens (tertiary/aromatic N) is 1. The normalized spacial score (nSPS) is 21.5. The number of rotatable bonds is 5. The van der Waals surface area contributed by atoms with Gasteiger partial charge in [0.25, 0.3) is 0 Å². The Balaban J connectivity index is 0.00000225. The SMILES string of the molecule is Cl.OC(c1ccccc1)(C1CCCCC1)C(c1ccccc1)N1CC=CCC1. The molecule has 0 amide bonds. The van der Waals surface area contributed by atoms with Crippen LogP contribution in [0.25, 0.3) is 0 Å². The van der Waals surface area contributed by atoms with Crippen LogP contribution in [-0.2, 0) is 5.60 Å². The van der Waals surface area contributed by atoms with Crippen LogP contribution in [0.5, 0.6) is 0 Å². The molecule has 1 fully saturated rings. The molecule has 2 nitrogen and oxygen atoms in total. The summed E-state index contributed by atoms with van der Waals surface area (Å²) in [6.45, 7) is 1.90. The molecule has 0 saturated heterocycles. The number of halogens is 1. The lowest BCUT2D eigenvalue weighted by molar-refractivity contribution is -0.107. The molecule has 2 aliphatic rings. The van der Waals surface area contributed by atoms with Gasteiger partial charge in [0, 0.05) is 13.1 Å². The van der Waals surface area contributed by atoms with E-state index in [4.69, 9.17) is 0 Å². The molecule has 28 heavy (non-hydrogen) atoms. The van der Waals surface area contributed by atoms with Gasteiger partial charge in [-0.2, -0.15) is 0 Å². The van der Waals surface area contributed by atoms with E-state index in [1.807, 2.05) is 6.07 Å². The lowest BCUT2D eigenvalue weighted by atomic mass is 9.67. The van der Waals surface area contributed by atoms with Crippen molar-refractivity contribution < 1.29 is 5.11 Å². The molecular weight excluding hydrogens is 366 g/mol. The summed E-state index contributed by atoms with van der Waals surface area (Å²) in [5, 5.41) is 12.5. The third kappa shape index (κ3) is 4.20. The Morgan fingerprint density at radius 2 is 1.50 bits per heavy atom. The molecule has 0 bridgehead atoms. The molecule has 1 aliphatic heterocycles. The molecule has 2 aromatic rings. The van der Waals surface area contributed by atoms with Crippen molar-refractivity contribution in [3.8, 4) is 0 Å². The first kappa shape index (κ1) is 21.1. The minimum atomic E-state index is -0.867. The highest BCUT2D eigenvalue weighted by Crippen LogP contribution is 2.49. The third-order valence-corrected chi connectivity index (χ3v) is 6.45. The van der Waals surface area contributed by atoms with Crippen molar-refractivity contribution in [1.82, 2.24) is 4.90 Å². The van der Waals surface area contributed by atoms with Gasteiger partial charge in [-0.15, -0.1) is 12.4 Å². The Hall–Kier alpha value is -1.61. The van der Waals surface area contributed by atoms with E-state index in [0.29, 0.717) is 5.92 Å². The number of aliphatic hydroxyl groups is 1. The topological polar surface area (TPSA) is 23.5 Å². The van der Waals surface area contributed by atoms with Gasteiger partial charge in [0.1, 0.15) is 5.60 Å². The molecule has 4 rings (SSSR count). The second kappa shape index (κ2) is 9.73. The maximum absolute atomic E-state index is 12.5. The van der Waals surface area contributed by atoms with Crippen molar-refractivity contribution in [3.05, 3.63) is 83.9 Å². The molecule has 150 valence electrons. The van der Waals surface area contributed by atoms with Gasteiger partial charge in [0.05, 0.1) is 6.04 Å². The minimum absolute atomic E-state index is 0. The summed E-state index contributed by atoms with van der Waals surface area (Å²) in [6.07, 6.45) is 11.5. The van der Waals surface area contributed by atoms with Crippen molar-refractivity contribution in [2.75, 3.05) is 13.1 Å². The standard InChI is InChI=1S/C25H31NO.ClH/c27-25(22-15-7-2-8-16-22,23-17-9-3-10-18-23)24(21-13-5-1-6-14-21)26-19-11-4-12-20-26;/h1-2,4-8,11,13-16,23-24,27H,3,9-10,12,17-20H2;1H. The van der Waals surface area contributed by atoms with Crippen molar-refractivity contribution in [2.45, 2.75) is 50.2 Å². The molecule has 2 aromatic carbocycles. The van der Waals surface area contributed by atoms with E-state index in [-0.39, 0.29) is 18.4 Å². The monoisotopic (exact) mass is 397 g/mol. The van der Waals surface area contributed by atoms with Crippen LogP contribution in [0.15, 0.2) is 72.8 Å². The molecule has 0 aromatic heterocycles. The fourth-order valence-corrected chi connectivity index (χ4v) is 5.14. The fraction of sp³-hybridized carbons (Fsp3) is 0.440. The van der Waals surface area contributed by atoms with E-state index < -0.39 is 5.60 Å². The lowest BCUT2D eigenvalue weighted by Gasteiger charge is -2.49. The van der Waals surface area contributed by atoms with Crippen LogP contribution in [0.4, 0.5) is 0 Å². The number of hydrogen-bond acceptors (Lipinski definition) is 2. The van der Waals surface area contributed by atoms with Crippen molar-refractivity contribution in [3.63, 3.8) is 0 Å². The molecule has 3 heteroatoms. The summed E-state index contributed by atoms with van der Waals surface area (Å²) in [4.78, 5) is 2.48. The Labute approximate surface area is 175 Å². The maximum atomic E-state index is 12.5. The summed E-state index contributed by atoms with van der Waals surface area (Å²) in [5.74, 6) is 0.296. The minimum Gasteiger partial charge on any atom is -0.383 e. The van der Waals surface area contributed by atoms with Gasteiger partial charge in [-0.25, -0.2) is 0 Å². The Kier molecular flexibility index (Phi) is 7.34. The summed E-state index contributed by atoms with van der Waals surface area (Å²) >= 11 is 0. The molecule has 0 spiro atoms. The first-order valence-electron chi connectivity index (χ1n) is 10.5. The summed E-state index contributed by atoms with van der Waals surface area (Å²) < 4.78 is 0. The van der Waals surface area contributed by atoms with Gasteiger partial charge in [-0.05, 0) is 36.3 Å². The average molecular weight is 398 g/mol. The fourth-order valence-electron chi connectivity index (χ4n) is 5.14. The summed E-state index contributed by atoms with van der Waals surface area (Å²) in [5.41, 5.74) is 1.43. The molecule has 2 unspecified atom stereocenters. The predicted octanol–water partition coefficient (Wildman–Crippen LogP) is 5.88. The van der Waals surface area contributed by atoms with Gasteiger partial charge in [-0.1, -0.05) is 92.1 Å². The second-order valence-electron chi connectivity index (χ2n) is 8.09. The van der Waals surface area contributed by atoms with Crippen molar-refractivity contribution in [1.29, 1.82) is 0 Å². The van der Waals surface area contributed by atoms with Crippen LogP contribution in [0.3, 0.4) is 0 Å². The second-order valence-corrected chi connectivity index (χ2v) is 8.09. The van der Waals surface area contributed by atoms with Gasteiger partial charge in [0.15, 0.2) is 0 Å². The molecule has 1 saturated carbocycles. The molecule has 1 heterocycles. The van der Waals surface area contributed by atoms with Crippen LogP contribution in [0, 0.1) is 5.92 Å². The average Bonchev–Trinajstić information content (AvgIpc) is 2.76. The summed E-state index contributed by atoms with van der Waals surface area (Å²) in [7, 11) is 0. The van der Waals surface area contributed by atoms with E-state index in [0.717, 1.165) is 37.9 Å². The molecule has 1 N–H and O–H groups in total. The highest BCUT2D eigenvalue weighted by atomic mass is 35.5. The molecule has 0 radical (unpaired) electrons. The molecule has 1 aliphatic carbocycles. The zero-order valence-corrected chi connectivity index (χ0v) is 17.4. The first-order valence-corrected chi connectivity index (χ1v) is 10.5. The smallest absolute Gasteiger partial charge is 0.112 e. The zero-order valence-electron chi connectivity index (χ0n) is 16.5. The van der Waals surface area contributed by atoms with Crippen LogP contribution < -0.4 is 0 Å². The summed E-state index contributed by atoms with van der Waals surface area (Å²) in [6, 6.07) is 21.1. The lowest BCUT2D eigenvalue weighted by Crippen LogP contribution is -2.50. The number of hydrogen-bond donors (Lipinski definition) is 1. The zero-order chi connectivity index (χ0) is 18.5. The Morgan fingerprint density at radius 1 is 0.857 bits per heavy atom. The Morgan fingerprint density at radius 3 is 2.11 bits per heavy atom. The van der Waals surface area contributed by atoms with Crippen LogP contribution in [0.1, 0.15) is 55.7 Å². The molecule has 2 atom stereocenters. The van der Waals surface area contributed by atoms with Gasteiger partial charge in [0.2, 0.25) is 0 Å². The van der Waals surface area contributed by atoms with E-state index in [1.165, 1.54) is 24.8 Å². The van der Waals surface area contributed by atoms with Gasteiger partial charge < -0.3 is 5.11 Å². The third-order valence-electron chi connectivity index (χ3n) is 6.45. The highest BCUT2D eigenvalue weighted by molar-refractivity contribution is 5.85. The van der Waals surface area contributed by atoms with E-state index >= 15 is 0 Å². The maximum Gasteiger partial charge on any atom is 0.112 e. The highest BCUT2D eigenvalue weighted by Gasteiger charge is 2.48. The Bertz CT molecular complexity index is 742. The van der Waals surface area contributed by atoms with Crippen molar-refractivity contribution >= 4 is 12.4 Å². The van der Waals surface area contributed by atoms with E-state index in [2.05, 4.69) is 71.6 Å². The van der Waals surface area contributed by atoms with Crippen molar-refractivity contribution in [2.24, 2.45) is 5.92 Å². The predicted molar refractivity (Wildman–Crippen MR) is 119 cm³/mol. The molecular formula is C25H32ClNO. The van der Waals surface area contributed by atoms with E-state index in [1.54, 1.807) is 0 Å². The van der Waals surface area contributed by atoms with Gasteiger partial charge >= 0.3 is 0 Å². The largest absolute Gasteiger partial charge is 0.383 e. The number of benzene rings is 2. The van der Waals surface area contributed by atoms with Crippen LogP contribution in [0.2, 0.25) is 0 Å². The van der Waals surface area contributed by atoms with Gasteiger partial charge in [-0.3, -0.25) is 4.90 Å². The van der Waals surface area contributed by atoms with Crippen LogP contribution in [-0.4, -0.2) is 23.1 Å². The van der Waals surface area contributed by atoms with Crippen LogP contribution >= 0.6 is 12.4 Å².